The average molecular weight is 226 g/mol. The molecule has 0 spiro atoms. The minimum absolute atomic E-state index is 0.187. The molecule has 0 saturated carbocycles. The van der Waals surface area contributed by atoms with E-state index in [0.717, 1.165) is 5.56 Å². The van der Waals surface area contributed by atoms with Crippen molar-refractivity contribution in [2.24, 2.45) is 0 Å². The van der Waals surface area contributed by atoms with Crippen LogP contribution in [0, 0.1) is 5.82 Å². The number of allylic oxidation sites excluding steroid dienone is 1. The molecule has 2 aromatic rings. The summed E-state index contributed by atoms with van der Waals surface area (Å²) in [5.74, 6) is 0.101. The molecule has 17 heavy (non-hydrogen) atoms. The van der Waals surface area contributed by atoms with Gasteiger partial charge in [0.2, 0.25) is 0 Å². The van der Waals surface area contributed by atoms with Crippen molar-refractivity contribution in [2.75, 3.05) is 0 Å². The number of halogens is 1. The Morgan fingerprint density at radius 2 is 1.59 bits per heavy atom. The monoisotopic (exact) mass is 226 g/mol. The normalized spacial score (nSPS) is 12.8. The van der Waals surface area contributed by atoms with Crippen molar-refractivity contribution in [1.82, 2.24) is 0 Å². The standard InChI is InChI=1S/C16H15F/c1-13(15-9-11-16(17)12-10-15)7-8-14-5-3-2-4-6-14/h2-13H,1H3. The largest absolute Gasteiger partial charge is 0.207 e. The second-order valence-electron chi connectivity index (χ2n) is 4.11. The Kier molecular flexibility index (Phi) is 3.71. The van der Waals surface area contributed by atoms with Crippen molar-refractivity contribution in [3.05, 3.63) is 77.6 Å². The Balaban J connectivity index is 2.09. The highest BCUT2D eigenvalue weighted by molar-refractivity contribution is 5.50. The van der Waals surface area contributed by atoms with Gasteiger partial charge in [-0.25, -0.2) is 4.39 Å². The molecular formula is C16H15F. The molecule has 1 heteroatoms. The summed E-state index contributed by atoms with van der Waals surface area (Å²) in [7, 11) is 0. The topological polar surface area (TPSA) is 0 Å². The third-order valence-corrected chi connectivity index (χ3v) is 2.77. The maximum atomic E-state index is 12.8. The van der Waals surface area contributed by atoms with Crippen LogP contribution in [0.4, 0.5) is 4.39 Å². The first-order valence-electron chi connectivity index (χ1n) is 5.74. The first-order valence-corrected chi connectivity index (χ1v) is 5.74. The van der Waals surface area contributed by atoms with Crippen molar-refractivity contribution in [2.45, 2.75) is 12.8 Å². The van der Waals surface area contributed by atoms with E-state index in [2.05, 4.69) is 31.2 Å². The van der Waals surface area contributed by atoms with Gasteiger partial charge in [0.15, 0.2) is 0 Å². The van der Waals surface area contributed by atoms with Crippen molar-refractivity contribution < 1.29 is 4.39 Å². The van der Waals surface area contributed by atoms with Crippen LogP contribution in [-0.4, -0.2) is 0 Å². The second kappa shape index (κ2) is 5.44. The van der Waals surface area contributed by atoms with E-state index < -0.39 is 0 Å². The zero-order chi connectivity index (χ0) is 12.1. The lowest BCUT2D eigenvalue weighted by atomic mass is 10.00. The van der Waals surface area contributed by atoms with Gasteiger partial charge in [0.1, 0.15) is 5.82 Å². The highest BCUT2D eigenvalue weighted by atomic mass is 19.1. The van der Waals surface area contributed by atoms with Gasteiger partial charge in [0.25, 0.3) is 0 Å². The molecule has 0 heterocycles. The lowest BCUT2D eigenvalue weighted by molar-refractivity contribution is 0.626. The van der Waals surface area contributed by atoms with E-state index in [1.54, 1.807) is 0 Å². The van der Waals surface area contributed by atoms with Gasteiger partial charge >= 0.3 is 0 Å². The van der Waals surface area contributed by atoms with Crippen LogP contribution >= 0.6 is 0 Å². The summed E-state index contributed by atoms with van der Waals surface area (Å²) in [4.78, 5) is 0. The molecule has 0 fully saturated rings. The number of hydrogen-bond acceptors (Lipinski definition) is 0. The second-order valence-corrected chi connectivity index (χ2v) is 4.11. The molecule has 86 valence electrons. The Morgan fingerprint density at radius 1 is 0.941 bits per heavy atom. The molecular weight excluding hydrogens is 211 g/mol. The molecule has 0 radical (unpaired) electrons. The molecule has 2 aromatic carbocycles. The van der Waals surface area contributed by atoms with Crippen molar-refractivity contribution in [3.8, 4) is 0 Å². The fraction of sp³-hybridized carbons (Fsp3) is 0.125. The Hall–Kier alpha value is -1.89. The number of rotatable bonds is 3. The molecule has 1 atom stereocenters. The summed E-state index contributed by atoms with van der Waals surface area (Å²) in [6.07, 6.45) is 4.22. The minimum atomic E-state index is -0.187. The van der Waals surface area contributed by atoms with Gasteiger partial charge in [-0.05, 0) is 29.2 Å². The van der Waals surface area contributed by atoms with Crippen LogP contribution in [-0.2, 0) is 0 Å². The van der Waals surface area contributed by atoms with E-state index in [1.165, 1.54) is 17.7 Å². The van der Waals surface area contributed by atoms with Crippen molar-refractivity contribution in [3.63, 3.8) is 0 Å². The third kappa shape index (κ3) is 3.28. The van der Waals surface area contributed by atoms with Crippen molar-refractivity contribution >= 4 is 6.08 Å². The fourth-order valence-electron chi connectivity index (χ4n) is 1.70. The summed E-state index contributed by atoms with van der Waals surface area (Å²) in [6.45, 7) is 2.10. The van der Waals surface area contributed by atoms with Crippen LogP contribution in [0.2, 0.25) is 0 Å². The van der Waals surface area contributed by atoms with Gasteiger partial charge in [-0.15, -0.1) is 0 Å². The van der Waals surface area contributed by atoms with Crippen LogP contribution in [0.25, 0.3) is 6.08 Å². The minimum Gasteiger partial charge on any atom is -0.207 e. The first kappa shape index (κ1) is 11.6. The van der Waals surface area contributed by atoms with Gasteiger partial charge in [-0.2, -0.15) is 0 Å². The fourth-order valence-corrected chi connectivity index (χ4v) is 1.70. The summed E-state index contributed by atoms with van der Waals surface area (Å²) >= 11 is 0. The van der Waals surface area contributed by atoms with Gasteiger partial charge < -0.3 is 0 Å². The van der Waals surface area contributed by atoms with Crippen LogP contribution < -0.4 is 0 Å². The average Bonchev–Trinajstić information content (AvgIpc) is 2.38. The predicted molar refractivity (Wildman–Crippen MR) is 70.3 cm³/mol. The molecule has 0 bridgehead atoms. The zero-order valence-electron chi connectivity index (χ0n) is 9.81. The molecule has 0 amide bonds. The van der Waals surface area contributed by atoms with Gasteiger partial charge in [0.05, 0.1) is 0 Å². The molecule has 0 aliphatic rings. The zero-order valence-corrected chi connectivity index (χ0v) is 9.81. The Labute approximate surface area is 101 Å². The molecule has 0 aliphatic heterocycles. The molecule has 0 N–H and O–H groups in total. The lowest BCUT2D eigenvalue weighted by Gasteiger charge is -2.06. The third-order valence-electron chi connectivity index (χ3n) is 2.77. The van der Waals surface area contributed by atoms with E-state index >= 15 is 0 Å². The summed E-state index contributed by atoms with van der Waals surface area (Å²) < 4.78 is 12.8. The Bertz CT molecular complexity index is 483. The van der Waals surface area contributed by atoms with Crippen LogP contribution in [0.1, 0.15) is 24.0 Å². The van der Waals surface area contributed by atoms with Crippen LogP contribution in [0.15, 0.2) is 60.7 Å². The molecule has 0 saturated heterocycles. The van der Waals surface area contributed by atoms with E-state index in [9.17, 15) is 4.39 Å². The van der Waals surface area contributed by atoms with Crippen LogP contribution in [0.5, 0.6) is 0 Å². The number of hydrogen-bond donors (Lipinski definition) is 0. The smallest absolute Gasteiger partial charge is 0.123 e. The molecule has 2 rings (SSSR count). The maximum Gasteiger partial charge on any atom is 0.123 e. The quantitative estimate of drug-likeness (QED) is 0.715. The predicted octanol–water partition coefficient (Wildman–Crippen LogP) is 4.64. The Morgan fingerprint density at radius 3 is 2.24 bits per heavy atom. The molecule has 1 unspecified atom stereocenters. The summed E-state index contributed by atoms with van der Waals surface area (Å²) in [6, 6.07) is 16.8. The summed E-state index contributed by atoms with van der Waals surface area (Å²) in [5.41, 5.74) is 2.31. The van der Waals surface area contributed by atoms with E-state index in [1.807, 2.05) is 30.3 Å². The van der Waals surface area contributed by atoms with Gasteiger partial charge in [0, 0.05) is 0 Å². The SMILES string of the molecule is CC(C=Cc1ccccc1)c1ccc(F)cc1. The molecule has 0 aliphatic carbocycles. The number of benzene rings is 2. The lowest BCUT2D eigenvalue weighted by Crippen LogP contribution is -1.88. The molecule has 0 aromatic heterocycles. The van der Waals surface area contributed by atoms with E-state index in [4.69, 9.17) is 0 Å². The van der Waals surface area contributed by atoms with Gasteiger partial charge in [-0.3, -0.25) is 0 Å². The van der Waals surface area contributed by atoms with Crippen molar-refractivity contribution in [1.29, 1.82) is 0 Å². The van der Waals surface area contributed by atoms with Gasteiger partial charge in [-0.1, -0.05) is 61.5 Å². The molecule has 0 nitrogen and oxygen atoms in total. The first-order chi connectivity index (χ1) is 8.25. The highest BCUT2D eigenvalue weighted by Crippen LogP contribution is 2.18. The maximum absolute atomic E-state index is 12.8. The van der Waals surface area contributed by atoms with E-state index in [0.29, 0.717) is 0 Å². The summed E-state index contributed by atoms with van der Waals surface area (Å²) in [5, 5.41) is 0. The van der Waals surface area contributed by atoms with E-state index in [-0.39, 0.29) is 11.7 Å². The van der Waals surface area contributed by atoms with Crippen LogP contribution in [0.3, 0.4) is 0 Å². The highest BCUT2D eigenvalue weighted by Gasteiger charge is 2.00.